The number of hydrogen-bond donors (Lipinski definition) is 3. The second-order valence-electron chi connectivity index (χ2n) is 5.75. The zero-order valence-electron chi connectivity index (χ0n) is 15.4. The van der Waals surface area contributed by atoms with Gasteiger partial charge < -0.3 is 20.7 Å². The first kappa shape index (κ1) is 21.6. The van der Waals surface area contributed by atoms with E-state index in [1.807, 2.05) is 6.07 Å². The van der Waals surface area contributed by atoms with E-state index in [-0.39, 0.29) is 12.5 Å². The Morgan fingerprint density at radius 1 is 1.14 bits per heavy atom. The molecule has 0 spiro atoms. The summed E-state index contributed by atoms with van der Waals surface area (Å²) < 4.78 is 4.96. The Bertz CT molecular complexity index is 936. The molecular weight excluding hydrogens is 396 g/mol. The van der Waals surface area contributed by atoms with Gasteiger partial charge in [-0.3, -0.25) is 19.2 Å². The van der Waals surface area contributed by atoms with Gasteiger partial charge in [-0.05, 0) is 36.6 Å². The molecule has 9 nitrogen and oxygen atoms in total. The van der Waals surface area contributed by atoms with Gasteiger partial charge in [0.1, 0.15) is 6.54 Å². The molecule has 0 unspecified atom stereocenters. The molecule has 0 aliphatic rings. The van der Waals surface area contributed by atoms with Crippen LogP contribution in [-0.4, -0.2) is 42.9 Å². The summed E-state index contributed by atoms with van der Waals surface area (Å²) in [5.41, 5.74) is 0.771. The number of nitrogens with one attached hydrogen (secondary N) is 3. The highest BCUT2D eigenvalue weighted by molar-refractivity contribution is 7.12. The van der Waals surface area contributed by atoms with Gasteiger partial charge in [0.15, 0.2) is 6.10 Å². The highest BCUT2D eigenvalue weighted by Crippen LogP contribution is 2.10. The minimum absolute atomic E-state index is 0.296. The van der Waals surface area contributed by atoms with Crippen molar-refractivity contribution >= 4 is 40.7 Å². The molecule has 1 atom stereocenters. The number of carbonyl (C=O) groups is 4. The number of thiophene rings is 1. The van der Waals surface area contributed by atoms with Gasteiger partial charge in [-0.2, -0.15) is 5.26 Å². The summed E-state index contributed by atoms with van der Waals surface area (Å²) >= 11 is 1.24. The number of anilines is 1. The molecule has 0 aliphatic carbocycles. The molecule has 29 heavy (non-hydrogen) atoms. The van der Waals surface area contributed by atoms with Gasteiger partial charge in [0.2, 0.25) is 5.91 Å². The summed E-state index contributed by atoms with van der Waals surface area (Å²) in [7, 11) is 0. The molecule has 150 valence electrons. The monoisotopic (exact) mass is 414 g/mol. The van der Waals surface area contributed by atoms with Gasteiger partial charge in [0, 0.05) is 5.69 Å². The number of amides is 3. The van der Waals surface area contributed by atoms with Gasteiger partial charge in [-0.15, -0.1) is 11.3 Å². The van der Waals surface area contributed by atoms with Crippen LogP contribution in [0.25, 0.3) is 0 Å². The van der Waals surface area contributed by atoms with E-state index in [1.54, 1.807) is 35.7 Å². The van der Waals surface area contributed by atoms with Crippen molar-refractivity contribution in [1.82, 2.24) is 10.6 Å². The molecule has 0 fully saturated rings. The number of benzene rings is 1. The molecule has 0 aliphatic heterocycles. The largest absolute Gasteiger partial charge is 0.451 e. The number of nitrogens with zero attached hydrogens (tertiary/aromatic N) is 1. The first-order chi connectivity index (χ1) is 13.9. The fourth-order valence-electron chi connectivity index (χ4n) is 2.09. The predicted octanol–water partition coefficient (Wildman–Crippen LogP) is 1.04. The summed E-state index contributed by atoms with van der Waals surface area (Å²) in [5.74, 6) is -2.35. The Labute approximate surface area is 170 Å². The van der Waals surface area contributed by atoms with Crippen LogP contribution in [-0.2, 0) is 19.1 Å². The van der Waals surface area contributed by atoms with Crippen molar-refractivity contribution < 1.29 is 23.9 Å². The van der Waals surface area contributed by atoms with Crippen LogP contribution in [0.2, 0.25) is 0 Å². The van der Waals surface area contributed by atoms with Crippen molar-refractivity contribution in [3.8, 4) is 6.07 Å². The summed E-state index contributed by atoms with van der Waals surface area (Å²) in [6.45, 7) is 0.634. The molecule has 3 N–H and O–H groups in total. The van der Waals surface area contributed by atoms with E-state index < -0.39 is 30.4 Å². The normalized spacial score (nSPS) is 10.9. The molecule has 2 rings (SSSR count). The number of nitriles is 1. The van der Waals surface area contributed by atoms with Crippen molar-refractivity contribution in [2.45, 2.75) is 13.0 Å². The van der Waals surface area contributed by atoms with E-state index in [0.29, 0.717) is 16.1 Å². The zero-order chi connectivity index (χ0) is 21.2. The standard InChI is InChI=1S/C19H18N4O5S/c1-12(18(26)23-14-5-2-4-13(8-14)9-20)28-17(25)11-21-16(24)10-22-19(27)15-6-3-7-29-15/h2-8,12H,10-11H2,1H3,(H,21,24)(H,22,27)(H,23,26)/t12-/m1/s1. The highest BCUT2D eigenvalue weighted by Gasteiger charge is 2.18. The van der Waals surface area contributed by atoms with Crippen molar-refractivity contribution in [3.05, 3.63) is 52.2 Å². The highest BCUT2D eigenvalue weighted by atomic mass is 32.1. The molecule has 1 heterocycles. The molecule has 0 bridgehead atoms. The molecule has 0 radical (unpaired) electrons. The second-order valence-corrected chi connectivity index (χ2v) is 6.70. The maximum absolute atomic E-state index is 12.1. The lowest BCUT2D eigenvalue weighted by Gasteiger charge is -2.14. The molecule has 1 aromatic carbocycles. The number of rotatable bonds is 8. The molecule has 3 amide bonds. The lowest BCUT2D eigenvalue weighted by atomic mass is 10.2. The third-order valence-corrected chi connectivity index (χ3v) is 4.39. The molecular formula is C19H18N4O5S. The van der Waals surface area contributed by atoms with Gasteiger partial charge in [-0.25, -0.2) is 0 Å². The number of carbonyl (C=O) groups excluding carboxylic acids is 4. The first-order valence-electron chi connectivity index (χ1n) is 8.48. The Balaban J connectivity index is 1.70. The Kier molecular flexibility index (Phi) is 7.88. The van der Waals surface area contributed by atoms with Crippen molar-refractivity contribution in [2.24, 2.45) is 0 Å². The molecule has 0 saturated heterocycles. The lowest BCUT2D eigenvalue weighted by Crippen LogP contribution is -2.40. The Morgan fingerprint density at radius 3 is 2.62 bits per heavy atom. The van der Waals surface area contributed by atoms with Crippen LogP contribution in [0, 0.1) is 11.3 Å². The van der Waals surface area contributed by atoms with Gasteiger partial charge >= 0.3 is 5.97 Å². The van der Waals surface area contributed by atoms with Crippen LogP contribution in [0.4, 0.5) is 5.69 Å². The quantitative estimate of drug-likeness (QED) is 0.552. The van der Waals surface area contributed by atoms with Crippen LogP contribution in [0.15, 0.2) is 41.8 Å². The average Bonchev–Trinajstić information content (AvgIpc) is 3.25. The summed E-state index contributed by atoms with van der Waals surface area (Å²) in [6, 6.07) is 11.6. The predicted molar refractivity (Wildman–Crippen MR) is 105 cm³/mol. The minimum Gasteiger partial charge on any atom is -0.451 e. The fraction of sp³-hybridized carbons (Fsp3) is 0.211. The summed E-state index contributed by atoms with van der Waals surface area (Å²) in [5, 5.41) is 17.8. The first-order valence-corrected chi connectivity index (χ1v) is 9.36. The van der Waals surface area contributed by atoms with Crippen LogP contribution < -0.4 is 16.0 Å². The smallest absolute Gasteiger partial charge is 0.326 e. The summed E-state index contributed by atoms with van der Waals surface area (Å²) in [6.07, 6.45) is -1.11. The van der Waals surface area contributed by atoms with Crippen LogP contribution in [0.5, 0.6) is 0 Å². The van der Waals surface area contributed by atoms with E-state index in [4.69, 9.17) is 10.00 Å². The van der Waals surface area contributed by atoms with E-state index in [1.165, 1.54) is 24.3 Å². The number of ether oxygens (including phenoxy) is 1. The SMILES string of the molecule is C[C@@H](OC(=O)CNC(=O)CNC(=O)c1cccs1)C(=O)Nc1cccc(C#N)c1. The van der Waals surface area contributed by atoms with Crippen LogP contribution >= 0.6 is 11.3 Å². The van der Waals surface area contributed by atoms with Crippen molar-refractivity contribution in [3.63, 3.8) is 0 Å². The lowest BCUT2D eigenvalue weighted by molar-refractivity contribution is -0.152. The summed E-state index contributed by atoms with van der Waals surface area (Å²) in [4.78, 5) is 47.8. The number of hydrogen-bond acceptors (Lipinski definition) is 7. The Hall–Kier alpha value is -3.71. The van der Waals surface area contributed by atoms with Gasteiger partial charge in [-0.1, -0.05) is 12.1 Å². The topological polar surface area (TPSA) is 137 Å². The molecule has 10 heteroatoms. The van der Waals surface area contributed by atoms with E-state index in [0.717, 1.165) is 0 Å². The molecule has 0 saturated carbocycles. The molecule has 1 aromatic heterocycles. The van der Waals surface area contributed by atoms with Crippen LogP contribution in [0.3, 0.4) is 0 Å². The fourth-order valence-corrected chi connectivity index (χ4v) is 2.73. The van der Waals surface area contributed by atoms with Crippen molar-refractivity contribution in [2.75, 3.05) is 18.4 Å². The van der Waals surface area contributed by atoms with Crippen LogP contribution in [0.1, 0.15) is 22.2 Å². The zero-order valence-corrected chi connectivity index (χ0v) is 16.2. The van der Waals surface area contributed by atoms with Gasteiger partial charge in [0.05, 0.1) is 23.1 Å². The van der Waals surface area contributed by atoms with Crippen molar-refractivity contribution in [1.29, 1.82) is 5.26 Å². The average molecular weight is 414 g/mol. The maximum Gasteiger partial charge on any atom is 0.326 e. The van der Waals surface area contributed by atoms with E-state index >= 15 is 0 Å². The minimum atomic E-state index is -1.11. The van der Waals surface area contributed by atoms with E-state index in [2.05, 4.69) is 16.0 Å². The Morgan fingerprint density at radius 2 is 1.93 bits per heavy atom. The molecule has 2 aromatic rings. The maximum atomic E-state index is 12.1. The second kappa shape index (κ2) is 10.6. The third-order valence-electron chi connectivity index (χ3n) is 3.52. The third kappa shape index (κ3) is 7.08. The van der Waals surface area contributed by atoms with Gasteiger partial charge in [0.25, 0.3) is 11.8 Å². The van der Waals surface area contributed by atoms with E-state index in [9.17, 15) is 19.2 Å². The number of esters is 1.